The first kappa shape index (κ1) is 14.1. The largest absolute Gasteiger partial charge is 0.480 e. The molecule has 2 aliphatic heterocycles. The molecule has 5 nitrogen and oxygen atoms in total. The van der Waals surface area contributed by atoms with Gasteiger partial charge in [-0.3, -0.25) is 14.5 Å². The molecular weight excluding hydrogens is 244 g/mol. The second kappa shape index (κ2) is 6.19. The highest BCUT2D eigenvalue weighted by Crippen LogP contribution is 2.26. The van der Waals surface area contributed by atoms with Gasteiger partial charge in [0.25, 0.3) is 0 Å². The van der Waals surface area contributed by atoms with Crippen molar-refractivity contribution in [1.82, 2.24) is 9.80 Å². The fourth-order valence-corrected chi connectivity index (χ4v) is 3.16. The van der Waals surface area contributed by atoms with E-state index in [0.29, 0.717) is 6.04 Å². The van der Waals surface area contributed by atoms with Crippen molar-refractivity contribution in [1.29, 1.82) is 0 Å². The molecular formula is C14H22N2O3. The first-order valence-corrected chi connectivity index (χ1v) is 7.03. The number of carboxylic acids is 1. The van der Waals surface area contributed by atoms with Gasteiger partial charge in [-0.15, -0.1) is 0 Å². The molecule has 1 unspecified atom stereocenters. The van der Waals surface area contributed by atoms with Crippen LogP contribution in [0.1, 0.15) is 32.6 Å². The smallest absolute Gasteiger partial charge is 0.320 e. The van der Waals surface area contributed by atoms with Gasteiger partial charge in [-0.05, 0) is 45.2 Å². The second-order valence-electron chi connectivity index (χ2n) is 5.29. The van der Waals surface area contributed by atoms with Crippen LogP contribution in [0.2, 0.25) is 0 Å². The molecule has 0 saturated carbocycles. The predicted octanol–water partition coefficient (Wildman–Crippen LogP) is 1.10. The van der Waals surface area contributed by atoms with Crippen LogP contribution in [-0.2, 0) is 9.59 Å². The monoisotopic (exact) mass is 266 g/mol. The Balaban J connectivity index is 1.89. The van der Waals surface area contributed by atoms with E-state index >= 15 is 0 Å². The van der Waals surface area contributed by atoms with Crippen molar-refractivity contribution in [2.45, 2.75) is 44.7 Å². The van der Waals surface area contributed by atoms with Crippen LogP contribution in [-0.4, -0.2) is 58.5 Å². The molecule has 0 aromatic heterocycles. The van der Waals surface area contributed by atoms with Gasteiger partial charge in [-0.1, -0.05) is 6.08 Å². The number of hydrogen-bond acceptors (Lipinski definition) is 3. The molecule has 19 heavy (non-hydrogen) atoms. The maximum absolute atomic E-state index is 11.7. The quantitative estimate of drug-likeness (QED) is 0.777. The molecule has 2 rings (SSSR count). The Hall–Kier alpha value is -1.36. The second-order valence-corrected chi connectivity index (χ2v) is 5.29. The molecule has 2 fully saturated rings. The lowest BCUT2D eigenvalue weighted by Gasteiger charge is -2.38. The van der Waals surface area contributed by atoms with Crippen LogP contribution in [0.3, 0.4) is 0 Å². The van der Waals surface area contributed by atoms with Crippen LogP contribution in [0.15, 0.2) is 12.2 Å². The first-order valence-electron chi connectivity index (χ1n) is 7.03. The Morgan fingerprint density at radius 2 is 1.84 bits per heavy atom. The van der Waals surface area contributed by atoms with Crippen LogP contribution in [0.25, 0.3) is 0 Å². The number of hydrogen-bond donors (Lipinski definition) is 1. The number of aliphatic carboxylic acids is 1. The number of piperidine rings is 1. The maximum Gasteiger partial charge on any atom is 0.320 e. The number of amides is 1. The Morgan fingerprint density at radius 1 is 1.16 bits per heavy atom. The van der Waals surface area contributed by atoms with E-state index in [-0.39, 0.29) is 11.9 Å². The molecule has 0 bridgehead atoms. The van der Waals surface area contributed by atoms with E-state index in [2.05, 4.69) is 4.90 Å². The lowest BCUT2D eigenvalue weighted by molar-refractivity contribution is -0.143. The summed E-state index contributed by atoms with van der Waals surface area (Å²) in [5.74, 6) is -0.637. The van der Waals surface area contributed by atoms with Gasteiger partial charge in [0.1, 0.15) is 6.04 Å². The molecule has 0 spiro atoms. The van der Waals surface area contributed by atoms with Gasteiger partial charge in [0.2, 0.25) is 5.91 Å². The highest BCUT2D eigenvalue weighted by atomic mass is 16.4. The molecule has 5 heteroatoms. The lowest BCUT2D eigenvalue weighted by Crippen LogP contribution is -2.49. The average molecular weight is 266 g/mol. The van der Waals surface area contributed by atoms with E-state index in [0.717, 1.165) is 45.3 Å². The van der Waals surface area contributed by atoms with E-state index in [9.17, 15) is 14.7 Å². The number of carbonyl (C=O) groups is 2. The summed E-state index contributed by atoms with van der Waals surface area (Å²) < 4.78 is 0. The van der Waals surface area contributed by atoms with Gasteiger partial charge in [-0.25, -0.2) is 0 Å². The van der Waals surface area contributed by atoms with Crippen molar-refractivity contribution in [2.75, 3.05) is 19.6 Å². The van der Waals surface area contributed by atoms with E-state index < -0.39 is 5.97 Å². The van der Waals surface area contributed by atoms with Crippen LogP contribution in [0.4, 0.5) is 0 Å². The molecule has 2 aliphatic rings. The predicted molar refractivity (Wildman–Crippen MR) is 71.8 cm³/mol. The highest BCUT2D eigenvalue weighted by molar-refractivity contribution is 5.87. The first-order chi connectivity index (χ1) is 9.13. The molecule has 2 heterocycles. The van der Waals surface area contributed by atoms with Crippen LogP contribution in [0.5, 0.6) is 0 Å². The topological polar surface area (TPSA) is 60.9 Å². The van der Waals surface area contributed by atoms with E-state index in [1.165, 1.54) is 0 Å². The number of allylic oxidation sites excluding steroid dienone is 1. The van der Waals surface area contributed by atoms with E-state index in [4.69, 9.17) is 0 Å². The minimum Gasteiger partial charge on any atom is -0.480 e. The van der Waals surface area contributed by atoms with Gasteiger partial charge < -0.3 is 10.0 Å². The Bertz CT molecular complexity index is 373. The zero-order valence-electron chi connectivity index (χ0n) is 11.4. The lowest BCUT2D eigenvalue weighted by atomic mass is 10.0. The van der Waals surface area contributed by atoms with Gasteiger partial charge in [0, 0.05) is 19.1 Å². The molecule has 2 saturated heterocycles. The molecule has 1 N–H and O–H groups in total. The third-order valence-electron chi connectivity index (χ3n) is 4.13. The summed E-state index contributed by atoms with van der Waals surface area (Å²) >= 11 is 0. The molecule has 0 aromatic rings. The van der Waals surface area contributed by atoms with E-state index in [1.54, 1.807) is 12.2 Å². The average Bonchev–Trinajstić information content (AvgIpc) is 2.88. The third kappa shape index (κ3) is 3.15. The highest BCUT2D eigenvalue weighted by Gasteiger charge is 2.36. The third-order valence-corrected chi connectivity index (χ3v) is 4.13. The van der Waals surface area contributed by atoms with Crippen LogP contribution >= 0.6 is 0 Å². The minimum atomic E-state index is -0.704. The van der Waals surface area contributed by atoms with E-state index in [1.807, 2.05) is 11.8 Å². The summed E-state index contributed by atoms with van der Waals surface area (Å²) in [6.45, 7) is 4.18. The standard InChI is InChI=1S/C14H22N2O3/c1-2-4-13(17)15-9-6-11(7-10-15)16-8-3-5-12(16)14(18)19/h2,4,11-12H,3,5-10H2,1H3,(H,18,19)/b4-2+. The summed E-state index contributed by atoms with van der Waals surface area (Å²) in [5, 5.41) is 9.21. The summed E-state index contributed by atoms with van der Waals surface area (Å²) in [6, 6.07) is 0.000968. The van der Waals surface area contributed by atoms with Crippen molar-refractivity contribution in [3.05, 3.63) is 12.2 Å². The number of rotatable bonds is 3. The van der Waals surface area contributed by atoms with Gasteiger partial charge in [0.15, 0.2) is 0 Å². The van der Waals surface area contributed by atoms with Crippen molar-refractivity contribution < 1.29 is 14.7 Å². The maximum atomic E-state index is 11.7. The Kier molecular flexibility index (Phi) is 4.58. The summed E-state index contributed by atoms with van der Waals surface area (Å²) in [5.41, 5.74) is 0. The van der Waals surface area contributed by atoms with Crippen LogP contribution < -0.4 is 0 Å². The Morgan fingerprint density at radius 3 is 2.42 bits per heavy atom. The van der Waals surface area contributed by atoms with Gasteiger partial charge >= 0.3 is 5.97 Å². The van der Waals surface area contributed by atoms with Crippen molar-refractivity contribution in [3.8, 4) is 0 Å². The Labute approximate surface area is 113 Å². The number of carbonyl (C=O) groups excluding carboxylic acids is 1. The molecule has 0 aliphatic carbocycles. The summed E-state index contributed by atoms with van der Waals surface area (Å²) in [4.78, 5) is 26.9. The van der Waals surface area contributed by atoms with Crippen LogP contribution in [0, 0.1) is 0 Å². The fourth-order valence-electron chi connectivity index (χ4n) is 3.16. The van der Waals surface area contributed by atoms with Gasteiger partial charge in [-0.2, -0.15) is 0 Å². The van der Waals surface area contributed by atoms with Gasteiger partial charge in [0.05, 0.1) is 0 Å². The van der Waals surface area contributed by atoms with Crippen molar-refractivity contribution >= 4 is 11.9 Å². The number of likely N-dealkylation sites (tertiary alicyclic amines) is 2. The number of carboxylic acid groups (broad SMARTS) is 1. The summed E-state index contributed by atoms with van der Waals surface area (Å²) in [6.07, 6.45) is 6.84. The number of nitrogens with zero attached hydrogens (tertiary/aromatic N) is 2. The molecule has 0 aromatic carbocycles. The minimum absolute atomic E-state index is 0.0668. The molecule has 0 radical (unpaired) electrons. The molecule has 1 atom stereocenters. The molecule has 1 amide bonds. The zero-order chi connectivity index (χ0) is 13.8. The molecule has 106 valence electrons. The zero-order valence-corrected chi connectivity index (χ0v) is 11.4. The van der Waals surface area contributed by atoms with Crippen molar-refractivity contribution in [3.63, 3.8) is 0 Å². The normalized spacial score (nSPS) is 26.2. The SMILES string of the molecule is C/C=C/C(=O)N1CCC(N2CCCC2C(=O)O)CC1. The van der Waals surface area contributed by atoms with Crippen molar-refractivity contribution in [2.24, 2.45) is 0 Å². The summed E-state index contributed by atoms with van der Waals surface area (Å²) in [7, 11) is 0. The fraction of sp³-hybridized carbons (Fsp3) is 0.714.